The third-order valence-corrected chi connectivity index (χ3v) is 3.74. The van der Waals surface area contributed by atoms with Gasteiger partial charge in [-0.1, -0.05) is 25.4 Å². The van der Waals surface area contributed by atoms with Gasteiger partial charge in [-0.05, 0) is 37.0 Å². The lowest BCUT2D eigenvalue weighted by Gasteiger charge is -2.15. The second-order valence-electron chi connectivity index (χ2n) is 5.61. The van der Waals surface area contributed by atoms with Gasteiger partial charge in [0.05, 0.1) is 11.0 Å². The van der Waals surface area contributed by atoms with E-state index in [2.05, 4.69) is 18.4 Å². The smallest absolute Gasteiger partial charge is 0.139 e. The van der Waals surface area contributed by atoms with Crippen LogP contribution in [0.1, 0.15) is 38.6 Å². The normalized spacial score (nSPS) is 19.7. The molecule has 1 atom stereocenters. The molecule has 1 aliphatic rings. The Balaban J connectivity index is 2.13. The molecule has 4 heteroatoms. The van der Waals surface area contributed by atoms with Crippen molar-refractivity contribution in [1.29, 1.82) is 0 Å². The summed E-state index contributed by atoms with van der Waals surface area (Å²) in [5.74, 6) is 1.63. The minimum Gasteiger partial charge on any atom is -0.370 e. The van der Waals surface area contributed by atoms with Crippen LogP contribution in [0.5, 0.6) is 0 Å². The van der Waals surface area contributed by atoms with Gasteiger partial charge in [0.25, 0.3) is 0 Å². The maximum absolute atomic E-state index is 6.12. The molecule has 102 valence electrons. The highest BCUT2D eigenvalue weighted by Crippen LogP contribution is 2.31. The second-order valence-corrected chi connectivity index (χ2v) is 6.05. The van der Waals surface area contributed by atoms with Gasteiger partial charge in [-0.2, -0.15) is 0 Å². The summed E-state index contributed by atoms with van der Waals surface area (Å²) in [7, 11) is 0. The highest BCUT2D eigenvalue weighted by molar-refractivity contribution is 6.31. The molecule has 0 radical (unpaired) electrons. The molecule has 0 aliphatic carbocycles. The molecule has 0 saturated carbocycles. The number of rotatable bonds is 3. The minimum absolute atomic E-state index is 0.143. The van der Waals surface area contributed by atoms with E-state index >= 15 is 0 Å². The summed E-state index contributed by atoms with van der Waals surface area (Å²) in [6.45, 7) is 6.23. The molecule has 2 heterocycles. The summed E-state index contributed by atoms with van der Waals surface area (Å²) in [5, 5.41) is 0.760. The van der Waals surface area contributed by atoms with Gasteiger partial charge in [-0.15, -0.1) is 0 Å². The van der Waals surface area contributed by atoms with Crippen molar-refractivity contribution in [3.8, 4) is 0 Å². The maximum atomic E-state index is 6.12. The lowest BCUT2D eigenvalue weighted by atomic mass is 10.2. The van der Waals surface area contributed by atoms with Crippen LogP contribution in [0, 0.1) is 5.92 Å². The van der Waals surface area contributed by atoms with E-state index in [0.717, 1.165) is 47.9 Å². The number of ether oxygens (including phenoxy) is 1. The Hall–Kier alpha value is -1.06. The summed E-state index contributed by atoms with van der Waals surface area (Å²) in [4.78, 5) is 4.77. The van der Waals surface area contributed by atoms with Crippen molar-refractivity contribution < 1.29 is 4.74 Å². The fourth-order valence-electron chi connectivity index (χ4n) is 2.70. The first-order chi connectivity index (χ1) is 9.15. The first-order valence-corrected chi connectivity index (χ1v) is 7.30. The van der Waals surface area contributed by atoms with Gasteiger partial charge in [0.1, 0.15) is 11.9 Å². The summed E-state index contributed by atoms with van der Waals surface area (Å²) in [6, 6.07) is 5.90. The van der Waals surface area contributed by atoms with Crippen LogP contribution in [-0.4, -0.2) is 16.2 Å². The molecule has 1 aromatic carbocycles. The van der Waals surface area contributed by atoms with Gasteiger partial charge in [0.15, 0.2) is 0 Å². The number of imidazole rings is 1. The van der Waals surface area contributed by atoms with Crippen LogP contribution < -0.4 is 0 Å². The van der Waals surface area contributed by atoms with Gasteiger partial charge in [0, 0.05) is 18.2 Å². The van der Waals surface area contributed by atoms with E-state index in [1.165, 1.54) is 0 Å². The summed E-state index contributed by atoms with van der Waals surface area (Å²) in [5.41, 5.74) is 2.13. The molecular formula is C15H19ClN2O. The van der Waals surface area contributed by atoms with Crippen LogP contribution in [0.4, 0.5) is 0 Å². The van der Waals surface area contributed by atoms with E-state index in [0.29, 0.717) is 5.92 Å². The molecule has 0 bridgehead atoms. The third-order valence-electron chi connectivity index (χ3n) is 3.51. The third kappa shape index (κ3) is 2.49. The zero-order valence-electron chi connectivity index (χ0n) is 11.4. The first kappa shape index (κ1) is 12.9. The fraction of sp³-hybridized carbons (Fsp3) is 0.533. The van der Waals surface area contributed by atoms with Crippen LogP contribution in [0.2, 0.25) is 5.02 Å². The topological polar surface area (TPSA) is 27.1 Å². The predicted octanol–water partition coefficient (Wildman–Crippen LogP) is 4.20. The Labute approximate surface area is 118 Å². The van der Waals surface area contributed by atoms with Gasteiger partial charge < -0.3 is 9.30 Å². The van der Waals surface area contributed by atoms with Crippen LogP contribution in [-0.2, 0) is 11.3 Å². The van der Waals surface area contributed by atoms with Gasteiger partial charge in [-0.25, -0.2) is 4.98 Å². The fourth-order valence-corrected chi connectivity index (χ4v) is 2.86. The predicted molar refractivity (Wildman–Crippen MR) is 77.5 cm³/mol. The zero-order chi connectivity index (χ0) is 13.4. The van der Waals surface area contributed by atoms with Crippen molar-refractivity contribution in [2.24, 2.45) is 5.92 Å². The average molecular weight is 279 g/mol. The van der Waals surface area contributed by atoms with Crippen molar-refractivity contribution in [3.05, 3.63) is 29.0 Å². The quantitative estimate of drug-likeness (QED) is 0.841. The Morgan fingerprint density at radius 2 is 2.32 bits per heavy atom. The molecule has 3 rings (SSSR count). The maximum Gasteiger partial charge on any atom is 0.139 e. The molecule has 1 aliphatic heterocycles. The van der Waals surface area contributed by atoms with Crippen molar-refractivity contribution >= 4 is 22.6 Å². The number of fused-ring (bicyclic) bond motifs is 1. The number of benzene rings is 1. The molecule has 1 fully saturated rings. The van der Waals surface area contributed by atoms with E-state index in [1.807, 2.05) is 18.2 Å². The first-order valence-electron chi connectivity index (χ1n) is 6.92. The number of nitrogens with zero attached hydrogens (tertiary/aromatic N) is 2. The Kier molecular flexibility index (Phi) is 3.50. The lowest BCUT2D eigenvalue weighted by molar-refractivity contribution is 0.102. The number of aromatic nitrogens is 2. The standard InChI is InChI=1S/C15H19ClN2O/c1-10(2)9-18-13-8-11(16)5-6-12(13)17-15(18)14-4-3-7-19-14/h5-6,8,10,14H,3-4,7,9H2,1-2H3. The van der Waals surface area contributed by atoms with E-state index in [1.54, 1.807) is 0 Å². The van der Waals surface area contributed by atoms with Crippen LogP contribution in [0.15, 0.2) is 18.2 Å². The van der Waals surface area contributed by atoms with Crippen LogP contribution >= 0.6 is 11.6 Å². The molecule has 19 heavy (non-hydrogen) atoms. The zero-order valence-corrected chi connectivity index (χ0v) is 12.2. The number of halogens is 1. The highest BCUT2D eigenvalue weighted by Gasteiger charge is 2.24. The van der Waals surface area contributed by atoms with Gasteiger partial charge >= 0.3 is 0 Å². The van der Waals surface area contributed by atoms with Crippen molar-refractivity contribution in [3.63, 3.8) is 0 Å². The summed E-state index contributed by atoms with van der Waals surface area (Å²) in [6.07, 6.45) is 2.33. The minimum atomic E-state index is 0.143. The molecule has 1 aromatic heterocycles. The largest absolute Gasteiger partial charge is 0.370 e. The molecule has 1 saturated heterocycles. The van der Waals surface area contributed by atoms with Crippen LogP contribution in [0.25, 0.3) is 11.0 Å². The Morgan fingerprint density at radius 1 is 1.47 bits per heavy atom. The van der Waals surface area contributed by atoms with Gasteiger partial charge in [-0.3, -0.25) is 0 Å². The molecule has 0 amide bonds. The molecule has 0 spiro atoms. The van der Waals surface area contributed by atoms with E-state index in [4.69, 9.17) is 21.3 Å². The van der Waals surface area contributed by atoms with E-state index < -0.39 is 0 Å². The van der Waals surface area contributed by atoms with E-state index in [-0.39, 0.29) is 6.10 Å². The second kappa shape index (κ2) is 5.14. The highest BCUT2D eigenvalue weighted by atomic mass is 35.5. The van der Waals surface area contributed by atoms with E-state index in [9.17, 15) is 0 Å². The monoisotopic (exact) mass is 278 g/mol. The Morgan fingerprint density at radius 3 is 3.00 bits per heavy atom. The molecule has 2 aromatic rings. The van der Waals surface area contributed by atoms with Crippen molar-refractivity contribution in [2.75, 3.05) is 6.61 Å². The number of hydrogen-bond acceptors (Lipinski definition) is 2. The number of hydrogen-bond donors (Lipinski definition) is 0. The molecular weight excluding hydrogens is 260 g/mol. The molecule has 3 nitrogen and oxygen atoms in total. The van der Waals surface area contributed by atoms with Crippen LogP contribution in [0.3, 0.4) is 0 Å². The molecule has 1 unspecified atom stereocenters. The molecule has 0 N–H and O–H groups in total. The van der Waals surface area contributed by atoms with Crippen molar-refractivity contribution in [1.82, 2.24) is 9.55 Å². The Bertz CT molecular complexity index is 585. The lowest BCUT2D eigenvalue weighted by Crippen LogP contribution is -2.12. The van der Waals surface area contributed by atoms with Crippen molar-refractivity contribution in [2.45, 2.75) is 39.3 Å². The average Bonchev–Trinajstić information content (AvgIpc) is 2.97. The SMILES string of the molecule is CC(C)Cn1c(C2CCCO2)nc2ccc(Cl)cc21. The van der Waals surface area contributed by atoms with Gasteiger partial charge in [0.2, 0.25) is 0 Å². The summed E-state index contributed by atoms with van der Waals surface area (Å²) < 4.78 is 8.08. The summed E-state index contributed by atoms with van der Waals surface area (Å²) >= 11 is 6.12.